The highest BCUT2D eigenvalue weighted by molar-refractivity contribution is 7.14. The van der Waals surface area contributed by atoms with Crippen molar-refractivity contribution < 1.29 is 9.59 Å². The smallest absolute Gasteiger partial charge is 0.253 e. The fourth-order valence-electron chi connectivity index (χ4n) is 4.65. The van der Waals surface area contributed by atoms with Crippen molar-refractivity contribution in [3.8, 4) is 22.4 Å². The third-order valence-corrected chi connectivity index (χ3v) is 7.50. The number of amides is 2. The second-order valence-electron chi connectivity index (χ2n) is 9.72. The number of pyridine rings is 1. The molecular weight excluding hydrogens is 506 g/mol. The van der Waals surface area contributed by atoms with Crippen molar-refractivity contribution >= 4 is 28.3 Å². The predicted octanol–water partition coefficient (Wildman–Crippen LogP) is 7.35. The summed E-state index contributed by atoms with van der Waals surface area (Å²) in [5, 5.41) is 7.94. The summed E-state index contributed by atoms with van der Waals surface area (Å²) in [5.41, 5.74) is 4.47. The fraction of sp³-hybridized carbons (Fsp3) is 0.355. The maximum Gasteiger partial charge on any atom is 0.253 e. The molecule has 2 amide bonds. The molecular formula is C31H37N5O2S. The van der Waals surface area contributed by atoms with Crippen LogP contribution in [0.3, 0.4) is 0 Å². The monoisotopic (exact) mass is 543 g/mol. The average Bonchev–Trinajstić information content (AvgIpc) is 3.65. The van der Waals surface area contributed by atoms with E-state index >= 15 is 0 Å². The average molecular weight is 544 g/mol. The van der Waals surface area contributed by atoms with Crippen LogP contribution in [0.15, 0.2) is 72.6 Å². The van der Waals surface area contributed by atoms with Crippen LogP contribution in [0.2, 0.25) is 0 Å². The molecule has 8 heteroatoms. The van der Waals surface area contributed by atoms with Crippen LogP contribution in [0.25, 0.3) is 22.4 Å². The van der Waals surface area contributed by atoms with Gasteiger partial charge in [-0.2, -0.15) is 0 Å². The van der Waals surface area contributed by atoms with E-state index in [-0.39, 0.29) is 18.4 Å². The number of anilines is 1. The number of unbranched alkanes of at least 4 members (excludes halogenated alkanes) is 3. The zero-order chi connectivity index (χ0) is 27.5. The molecule has 0 aliphatic carbocycles. The number of aromatic nitrogens is 3. The molecule has 7 nitrogen and oxygen atoms in total. The summed E-state index contributed by atoms with van der Waals surface area (Å²) < 4.78 is 2.16. The number of carbonyl (C=O) groups is 2. The van der Waals surface area contributed by atoms with Gasteiger partial charge in [-0.1, -0.05) is 64.2 Å². The molecule has 3 heterocycles. The van der Waals surface area contributed by atoms with Gasteiger partial charge in [-0.15, -0.1) is 11.3 Å². The van der Waals surface area contributed by atoms with Crippen LogP contribution in [-0.4, -0.2) is 32.9 Å². The topological polar surface area (TPSA) is 88.9 Å². The van der Waals surface area contributed by atoms with Gasteiger partial charge in [-0.05, 0) is 48.2 Å². The summed E-state index contributed by atoms with van der Waals surface area (Å²) in [4.78, 5) is 33.9. The molecule has 0 aliphatic rings. The lowest BCUT2D eigenvalue weighted by atomic mass is 10.0. The van der Waals surface area contributed by atoms with E-state index in [1.807, 2.05) is 54.2 Å². The Morgan fingerprint density at radius 2 is 1.77 bits per heavy atom. The van der Waals surface area contributed by atoms with Crippen LogP contribution in [0, 0.1) is 0 Å². The van der Waals surface area contributed by atoms with Crippen molar-refractivity contribution in [1.82, 2.24) is 19.9 Å². The van der Waals surface area contributed by atoms with Crippen molar-refractivity contribution in [2.75, 3.05) is 11.9 Å². The summed E-state index contributed by atoms with van der Waals surface area (Å²) in [5.74, 6) is -0.563. The van der Waals surface area contributed by atoms with Crippen LogP contribution < -0.4 is 10.6 Å². The first-order chi connectivity index (χ1) is 19.1. The second kappa shape index (κ2) is 14.4. The number of carbonyl (C=O) groups excluding carboxylic acids is 2. The van der Waals surface area contributed by atoms with Crippen LogP contribution in [0.1, 0.15) is 75.2 Å². The zero-order valence-electron chi connectivity index (χ0n) is 22.7. The van der Waals surface area contributed by atoms with Gasteiger partial charge in [0.15, 0.2) is 5.13 Å². The maximum atomic E-state index is 12.7. The Kier molecular flexibility index (Phi) is 10.4. The lowest BCUT2D eigenvalue weighted by Gasteiger charge is -2.18. The molecule has 4 rings (SSSR count). The largest absolute Gasteiger partial charge is 0.350 e. The third kappa shape index (κ3) is 8.10. The quantitative estimate of drug-likeness (QED) is 0.163. The summed E-state index contributed by atoms with van der Waals surface area (Å²) in [7, 11) is 0. The Labute approximate surface area is 234 Å². The van der Waals surface area contributed by atoms with E-state index in [9.17, 15) is 9.59 Å². The van der Waals surface area contributed by atoms with Crippen molar-refractivity contribution in [2.24, 2.45) is 0 Å². The van der Waals surface area contributed by atoms with Crippen molar-refractivity contribution in [3.63, 3.8) is 0 Å². The second-order valence-corrected chi connectivity index (χ2v) is 10.6. The van der Waals surface area contributed by atoms with Crippen LogP contribution in [-0.2, 0) is 4.79 Å². The van der Waals surface area contributed by atoms with E-state index in [1.54, 1.807) is 12.4 Å². The van der Waals surface area contributed by atoms with E-state index in [0.717, 1.165) is 41.6 Å². The van der Waals surface area contributed by atoms with E-state index < -0.39 is 0 Å². The number of hydrogen-bond donors (Lipinski definition) is 2. The number of hydrogen-bond acceptors (Lipinski definition) is 5. The Morgan fingerprint density at radius 1 is 0.949 bits per heavy atom. The third-order valence-electron chi connectivity index (χ3n) is 6.74. The van der Waals surface area contributed by atoms with Crippen LogP contribution in [0.4, 0.5) is 5.13 Å². The molecule has 2 N–H and O–H groups in total. The van der Waals surface area contributed by atoms with Gasteiger partial charge in [0.25, 0.3) is 5.91 Å². The molecule has 1 aromatic carbocycles. The minimum atomic E-state index is -0.311. The van der Waals surface area contributed by atoms with Gasteiger partial charge in [0, 0.05) is 41.8 Å². The number of thiazole rings is 1. The first-order valence-corrected chi connectivity index (χ1v) is 14.7. The molecule has 39 heavy (non-hydrogen) atoms. The molecule has 0 radical (unpaired) electrons. The predicted molar refractivity (Wildman–Crippen MR) is 159 cm³/mol. The van der Waals surface area contributed by atoms with E-state index in [4.69, 9.17) is 0 Å². The first-order valence-electron chi connectivity index (χ1n) is 13.8. The number of benzene rings is 1. The summed E-state index contributed by atoms with van der Waals surface area (Å²) in [6.07, 6.45) is 15.7. The molecule has 4 aromatic rings. The maximum absolute atomic E-state index is 12.7. The van der Waals surface area contributed by atoms with Crippen LogP contribution >= 0.6 is 11.3 Å². The number of rotatable bonds is 14. The lowest BCUT2D eigenvalue weighted by Crippen LogP contribution is -2.32. The minimum absolute atomic E-state index is 0.119. The fourth-order valence-corrected chi connectivity index (χ4v) is 5.39. The summed E-state index contributed by atoms with van der Waals surface area (Å²) in [6, 6.07) is 14.3. The van der Waals surface area contributed by atoms with Gasteiger partial charge >= 0.3 is 0 Å². The highest BCUT2D eigenvalue weighted by Crippen LogP contribution is 2.29. The molecule has 0 saturated heterocycles. The molecule has 204 valence electrons. The molecule has 0 saturated carbocycles. The Balaban J connectivity index is 1.29. The first kappa shape index (κ1) is 28.2. The minimum Gasteiger partial charge on any atom is -0.350 e. The van der Waals surface area contributed by atoms with Gasteiger partial charge in [0.2, 0.25) is 5.91 Å². The van der Waals surface area contributed by atoms with Crippen molar-refractivity contribution in [1.29, 1.82) is 0 Å². The van der Waals surface area contributed by atoms with E-state index in [0.29, 0.717) is 16.7 Å². The van der Waals surface area contributed by atoms with Crippen LogP contribution in [0.5, 0.6) is 0 Å². The standard InChI is InChI=1S/C31H37N5O2S/c1-3-5-6-7-12-27(9-4-2)36-18-15-26(21-36)30(38)33-20-29(37)35-31-34-28(22-39-31)25-11-8-10-24(19-25)23-13-16-32-17-14-23/h8,10-11,13-19,21-22,27H,3-7,9,12,20H2,1-2H3,(H,33,38)(H,34,35,37). The normalized spacial score (nSPS) is 11.7. The summed E-state index contributed by atoms with van der Waals surface area (Å²) >= 11 is 1.36. The van der Waals surface area contributed by atoms with Crippen molar-refractivity contribution in [2.45, 2.75) is 64.8 Å². The summed E-state index contributed by atoms with van der Waals surface area (Å²) in [6.45, 7) is 4.30. The Hall–Kier alpha value is -3.78. The van der Waals surface area contributed by atoms with Gasteiger partial charge in [-0.3, -0.25) is 14.6 Å². The van der Waals surface area contributed by atoms with Gasteiger partial charge < -0.3 is 15.2 Å². The van der Waals surface area contributed by atoms with Gasteiger partial charge in [0.1, 0.15) is 0 Å². The highest BCUT2D eigenvalue weighted by Gasteiger charge is 2.15. The lowest BCUT2D eigenvalue weighted by molar-refractivity contribution is -0.115. The highest BCUT2D eigenvalue weighted by atomic mass is 32.1. The Bertz CT molecular complexity index is 1350. The van der Waals surface area contributed by atoms with E-state index in [1.165, 1.54) is 37.0 Å². The molecule has 0 bridgehead atoms. The van der Waals surface area contributed by atoms with E-state index in [2.05, 4.69) is 45.1 Å². The number of nitrogens with zero attached hydrogens (tertiary/aromatic N) is 3. The SMILES string of the molecule is CCCCCCC(CCC)n1ccc(C(=O)NCC(=O)Nc2nc(-c3cccc(-c4ccncc4)c3)cs2)c1. The molecule has 1 unspecified atom stereocenters. The van der Waals surface area contributed by atoms with Crippen molar-refractivity contribution in [3.05, 3.63) is 78.2 Å². The Morgan fingerprint density at radius 3 is 2.56 bits per heavy atom. The molecule has 0 spiro atoms. The van der Waals surface area contributed by atoms with Gasteiger partial charge in [0.05, 0.1) is 17.8 Å². The molecule has 0 aliphatic heterocycles. The number of nitrogens with one attached hydrogen (secondary N) is 2. The molecule has 1 atom stereocenters. The zero-order valence-corrected chi connectivity index (χ0v) is 23.5. The molecule has 3 aromatic heterocycles. The van der Waals surface area contributed by atoms with Gasteiger partial charge in [-0.25, -0.2) is 4.98 Å². The molecule has 0 fully saturated rings.